The number of carboxylic acid groups (broad SMARTS) is 5. The van der Waals surface area contributed by atoms with Gasteiger partial charge in [-0.3, -0.25) is 58.0 Å². The van der Waals surface area contributed by atoms with Gasteiger partial charge in [-0.15, -0.1) is 0 Å². The molecule has 1 aliphatic carbocycles. The van der Waals surface area contributed by atoms with Crippen LogP contribution in [0.25, 0.3) is 10.8 Å². The van der Waals surface area contributed by atoms with Crippen molar-refractivity contribution in [2.24, 2.45) is 11.8 Å². The molecule has 1 saturated carbocycles. The van der Waals surface area contributed by atoms with E-state index in [0.29, 0.717) is 32.2 Å². The highest BCUT2D eigenvalue weighted by atomic mass is 32.2. The molecule has 0 unspecified atom stereocenters. The van der Waals surface area contributed by atoms with Gasteiger partial charge in [0.15, 0.2) is 0 Å². The van der Waals surface area contributed by atoms with Crippen LogP contribution in [0.1, 0.15) is 83.6 Å². The SMILES string of the molecule is C/C=C\C(=C/C)C[C@H](NC(=O)CN1CCN(CC(=O)O)CCN(CC(=O)NCC2CCC(C(=O)N[C@@H](Cc3ccc4ccccc4c3)C(=O)NCCCC[C@H](NC(=O)N[C@@H](CCC(=O)O)C(=O)O)C(=O)O)CC2)CCN(CC(=O)O)CC1)C(=O)SO. The molecule has 2 fully saturated rings. The Hall–Kier alpha value is -7.50. The number of hydrogen-bond acceptors (Lipinski definition) is 17. The summed E-state index contributed by atoms with van der Waals surface area (Å²) in [6.07, 6.45) is 7.30. The van der Waals surface area contributed by atoms with E-state index in [-0.39, 0.29) is 147 Å². The van der Waals surface area contributed by atoms with Crippen LogP contribution in [-0.4, -0.2) is 230 Å². The number of fused-ring (bicyclic) bond motifs is 1. The maximum atomic E-state index is 13.9. The number of hydrogen-bond donors (Lipinski definition) is 12. The van der Waals surface area contributed by atoms with Crippen molar-refractivity contribution in [2.45, 2.75) is 109 Å². The molecular weight excluding hydrogens is 1140 g/mol. The first-order chi connectivity index (χ1) is 41.0. The number of carbonyl (C=O) groups is 11. The van der Waals surface area contributed by atoms with Crippen molar-refractivity contribution in [3.05, 3.63) is 71.8 Å². The van der Waals surface area contributed by atoms with Gasteiger partial charge < -0.3 is 62.0 Å². The number of rotatable bonds is 32. The van der Waals surface area contributed by atoms with Crippen molar-refractivity contribution in [3.8, 4) is 0 Å². The smallest absolute Gasteiger partial charge is 0.326 e. The van der Waals surface area contributed by atoms with Crippen molar-refractivity contribution < 1.29 is 82.8 Å². The summed E-state index contributed by atoms with van der Waals surface area (Å²) in [5.74, 6) is -8.27. The number of carbonyl (C=O) groups excluding carboxylic acids is 6. The minimum absolute atomic E-state index is 0.0178. The van der Waals surface area contributed by atoms with E-state index in [1.54, 1.807) is 39.9 Å². The molecule has 4 atom stereocenters. The standard InChI is InChI=1S/C58H84N10O17S/c1-3-9-38(4-2)31-47(57(83)86-85)61-49(70)35-66-24-28-67(36-51(73)74)26-22-65(23-27-68(29-25-66)37-52(75)76)34-48(69)60-33-39-13-17-42(18-14-39)53(77)62-46(32-40-15-16-41-10-5-6-11-43(41)30-40)54(78)59-21-8-7-12-44(55(79)80)63-58(84)64-45(56(81)82)19-20-50(71)72/h3-6,9-11,15-16,30,39,42,44-47,85H,7-8,12-14,17-29,31-37H2,1-2H3,(H,59,78)(H,60,69)(H,61,70)(H,62,77)(H,71,72)(H,73,74)(H,75,76)(H,79,80)(H,81,82)(H2,63,64,84)/b9-3-,38-4+/t39?,42?,44-,45-,46-,47-/m0/s1. The van der Waals surface area contributed by atoms with E-state index in [1.807, 2.05) is 54.3 Å². The number of allylic oxidation sites excluding steroid dienone is 3. The normalized spacial score (nSPS) is 18.4. The summed E-state index contributed by atoms with van der Waals surface area (Å²) in [7, 11) is 0. The third kappa shape index (κ3) is 26.8. The minimum atomic E-state index is -1.56. The minimum Gasteiger partial charge on any atom is -0.481 e. The van der Waals surface area contributed by atoms with Gasteiger partial charge >= 0.3 is 35.9 Å². The number of urea groups is 1. The van der Waals surface area contributed by atoms with Crippen LogP contribution in [0, 0.1) is 11.8 Å². The molecule has 474 valence electrons. The quantitative estimate of drug-likeness (QED) is 0.0282. The lowest BCUT2D eigenvalue weighted by Gasteiger charge is -2.33. The van der Waals surface area contributed by atoms with E-state index >= 15 is 0 Å². The molecule has 4 rings (SSSR count). The predicted octanol–water partition coefficient (Wildman–Crippen LogP) is 1.67. The van der Waals surface area contributed by atoms with Crippen LogP contribution < -0.4 is 31.9 Å². The summed E-state index contributed by atoms with van der Waals surface area (Å²) in [4.78, 5) is 145. The Morgan fingerprint density at radius 2 is 1.14 bits per heavy atom. The van der Waals surface area contributed by atoms with Crippen molar-refractivity contribution in [1.29, 1.82) is 0 Å². The Labute approximate surface area is 503 Å². The number of benzene rings is 2. The van der Waals surface area contributed by atoms with Crippen LogP contribution >= 0.6 is 12.0 Å². The van der Waals surface area contributed by atoms with E-state index in [2.05, 4.69) is 31.9 Å². The van der Waals surface area contributed by atoms with Crippen LogP contribution in [0.4, 0.5) is 4.79 Å². The molecule has 2 aromatic rings. The van der Waals surface area contributed by atoms with Gasteiger partial charge in [0.25, 0.3) is 0 Å². The van der Waals surface area contributed by atoms with E-state index in [4.69, 9.17) is 5.11 Å². The lowest BCUT2D eigenvalue weighted by atomic mass is 9.81. The Morgan fingerprint density at radius 1 is 0.593 bits per heavy atom. The number of amides is 6. The summed E-state index contributed by atoms with van der Waals surface area (Å²) in [5, 5.41) is 64.7. The summed E-state index contributed by atoms with van der Waals surface area (Å²) < 4.78 is 9.55. The first-order valence-electron chi connectivity index (χ1n) is 28.9. The Balaban J connectivity index is 1.32. The van der Waals surface area contributed by atoms with E-state index in [0.717, 1.165) is 21.9 Å². The molecular formula is C58H84N10O17S. The second-order valence-corrected chi connectivity index (χ2v) is 22.2. The monoisotopic (exact) mass is 1220 g/mol. The fraction of sp³-hybridized carbons (Fsp3) is 0.569. The third-order valence-electron chi connectivity index (χ3n) is 15.0. The van der Waals surface area contributed by atoms with Gasteiger partial charge in [0, 0.05) is 90.6 Å². The average molecular weight is 1230 g/mol. The van der Waals surface area contributed by atoms with Crippen LogP contribution in [0.3, 0.4) is 0 Å². The van der Waals surface area contributed by atoms with Crippen LogP contribution in [0.2, 0.25) is 0 Å². The second-order valence-electron chi connectivity index (χ2n) is 21.6. The van der Waals surface area contributed by atoms with Crippen LogP contribution in [0.5, 0.6) is 0 Å². The number of nitrogens with zero attached hydrogens (tertiary/aromatic N) is 4. The Morgan fingerprint density at radius 3 is 1.66 bits per heavy atom. The molecule has 2 aromatic carbocycles. The highest BCUT2D eigenvalue weighted by molar-refractivity contribution is 8.08. The molecule has 6 amide bonds. The predicted molar refractivity (Wildman–Crippen MR) is 318 cm³/mol. The molecule has 0 spiro atoms. The van der Waals surface area contributed by atoms with Crippen molar-refractivity contribution in [1.82, 2.24) is 51.5 Å². The first-order valence-corrected chi connectivity index (χ1v) is 29.7. The van der Waals surface area contributed by atoms with Crippen LogP contribution in [-0.2, 0) is 54.4 Å². The summed E-state index contributed by atoms with van der Waals surface area (Å²) >= 11 is 0.0178. The Bertz CT molecular complexity index is 2670. The number of unbranched alkanes of at least 4 members (excludes halogenated alkanes) is 1. The van der Waals surface area contributed by atoms with E-state index in [9.17, 15) is 77.7 Å². The lowest BCUT2D eigenvalue weighted by molar-refractivity contribution is -0.141. The van der Waals surface area contributed by atoms with E-state index < -0.39 is 95.7 Å². The van der Waals surface area contributed by atoms with Crippen molar-refractivity contribution in [3.63, 3.8) is 0 Å². The topological polar surface area (TPSA) is 394 Å². The molecule has 2 aliphatic rings. The van der Waals surface area contributed by atoms with Gasteiger partial charge in [-0.05, 0) is 87.5 Å². The maximum Gasteiger partial charge on any atom is 0.326 e. The largest absolute Gasteiger partial charge is 0.481 e. The zero-order valence-electron chi connectivity index (χ0n) is 48.8. The molecule has 1 heterocycles. The molecule has 1 saturated heterocycles. The maximum absolute atomic E-state index is 13.9. The number of nitrogens with one attached hydrogen (secondary N) is 6. The molecule has 27 nitrogen and oxygen atoms in total. The van der Waals surface area contributed by atoms with Gasteiger partial charge in [0.1, 0.15) is 24.2 Å². The lowest BCUT2D eigenvalue weighted by Crippen LogP contribution is -2.51. The molecule has 0 bridgehead atoms. The van der Waals surface area contributed by atoms with E-state index in [1.165, 1.54) is 0 Å². The fourth-order valence-corrected chi connectivity index (χ4v) is 10.5. The molecule has 0 radical (unpaired) electrons. The van der Waals surface area contributed by atoms with Gasteiger partial charge in [0.05, 0.1) is 38.2 Å². The summed E-state index contributed by atoms with van der Waals surface area (Å²) in [6, 6.07) is 7.35. The first kappa shape index (κ1) is 71.0. The Kier molecular flexibility index (Phi) is 31.2. The molecule has 1 aliphatic heterocycles. The van der Waals surface area contributed by atoms with Gasteiger partial charge in [0.2, 0.25) is 28.7 Å². The zero-order chi connectivity index (χ0) is 63.1. The summed E-state index contributed by atoms with van der Waals surface area (Å²) in [5.41, 5.74) is 1.56. The molecule has 0 aromatic heterocycles. The zero-order valence-corrected chi connectivity index (χ0v) is 49.6. The molecule has 12 N–H and O–H groups in total. The highest BCUT2D eigenvalue weighted by Gasteiger charge is 2.32. The van der Waals surface area contributed by atoms with Crippen molar-refractivity contribution >= 4 is 87.4 Å². The second kappa shape index (κ2) is 37.8. The van der Waals surface area contributed by atoms with Gasteiger partial charge in [-0.1, -0.05) is 66.3 Å². The number of carboxylic acids is 5. The highest BCUT2D eigenvalue weighted by Crippen LogP contribution is 2.29. The molecule has 86 heavy (non-hydrogen) atoms. The van der Waals surface area contributed by atoms with Gasteiger partial charge in [-0.25, -0.2) is 14.4 Å². The average Bonchev–Trinajstić information content (AvgIpc) is 3.47. The third-order valence-corrected chi connectivity index (χ3v) is 15.5. The molecule has 28 heteroatoms. The van der Waals surface area contributed by atoms with Crippen molar-refractivity contribution in [2.75, 3.05) is 91.6 Å². The fourth-order valence-electron chi connectivity index (χ4n) is 10.2. The van der Waals surface area contributed by atoms with Gasteiger partial charge in [-0.2, -0.15) is 0 Å². The summed E-state index contributed by atoms with van der Waals surface area (Å²) in [6.45, 7) is 4.96. The van der Waals surface area contributed by atoms with Crippen LogP contribution in [0.15, 0.2) is 66.3 Å². The number of aliphatic carboxylic acids is 5.